The fourth-order valence-electron chi connectivity index (χ4n) is 2.28. The van der Waals surface area contributed by atoms with Crippen molar-refractivity contribution in [3.05, 3.63) is 22.4 Å². The molecule has 0 saturated carbocycles. The SMILES string of the molecule is O=C(CN1CC[C@@H](O)[C@@H](CO)C1)NCc1cccs1. The molecule has 1 saturated heterocycles. The maximum absolute atomic E-state index is 11.8. The van der Waals surface area contributed by atoms with Gasteiger partial charge in [0.1, 0.15) is 0 Å². The molecule has 106 valence electrons. The maximum Gasteiger partial charge on any atom is 0.234 e. The van der Waals surface area contributed by atoms with Crippen molar-refractivity contribution in [2.75, 3.05) is 26.2 Å². The molecule has 6 heteroatoms. The van der Waals surface area contributed by atoms with Crippen LogP contribution in [0.2, 0.25) is 0 Å². The van der Waals surface area contributed by atoms with E-state index in [4.69, 9.17) is 5.11 Å². The van der Waals surface area contributed by atoms with E-state index in [1.54, 1.807) is 11.3 Å². The first-order valence-electron chi connectivity index (χ1n) is 6.49. The van der Waals surface area contributed by atoms with E-state index in [1.807, 2.05) is 22.4 Å². The number of carbonyl (C=O) groups excluding carboxylic acids is 1. The summed E-state index contributed by atoms with van der Waals surface area (Å²) in [5, 5.41) is 23.7. The van der Waals surface area contributed by atoms with Gasteiger partial charge in [-0.1, -0.05) is 6.07 Å². The van der Waals surface area contributed by atoms with E-state index in [2.05, 4.69) is 5.32 Å². The minimum atomic E-state index is -0.449. The van der Waals surface area contributed by atoms with Crippen LogP contribution in [-0.2, 0) is 11.3 Å². The van der Waals surface area contributed by atoms with E-state index < -0.39 is 6.10 Å². The summed E-state index contributed by atoms with van der Waals surface area (Å²) in [7, 11) is 0. The molecule has 1 aromatic heterocycles. The van der Waals surface area contributed by atoms with Crippen LogP contribution in [0, 0.1) is 5.92 Å². The smallest absolute Gasteiger partial charge is 0.234 e. The van der Waals surface area contributed by atoms with Gasteiger partial charge >= 0.3 is 0 Å². The summed E-state index contributed by atoms with van der Waals surface area (Å²) in [6, 6.07) is 3.95. The first-order chi connectivity index (χ1) is 9.19. The molecule has 0 spiro atoms. The number of hydrogen-bond acceptors (Lipinski definition) is 5. The predicted molar refractivity (Wildman–Crippen MR) is 73.8 cm³/mol. The van der Waals surface area contributed by atoms with Crippen molar-refractivity contribution in [3.63, 3.8) is 0 Å². The molecule has 0 radical (unpaired) electrons. The molecule has 0 aliphatic carbocycles. The standard InChI is InChI=1S/C13H20N2O3S/c16-9-10-7-15(4-3-12(10)17)8-13(18)14-6-11-2-1-5-19-11/h1-2,5,10,12,16-17H,3-4,6-9H2,(H,14,18)/t10-,12-/m1/s1. The van der Waals surface area contributed by atoms with Crippen LogP contribution in [-0.4, -0.2) is 53.4 Å². The van der Waals surface area contributed by atoms with E-state index in [0.29, 0.717) is 32.6 Å². The predicted octanol–water partition coefficient (Wildman–Crippen LogP) is 0.0394. The molecule has 5 nitrogen and oxygen atoms in total. The Labute approximate surface area is 116 Å². The highest BCUT2D eigenvalue weighted by atomic mass is 32.1. The van der Waals surface area contributed by atoms with Gasteiger partial charge in [0.05, 0.1) is 19.2 Å². The molecule has 19 heavy (non-hydrogen) atoms. The molecule has 1 aliphatic rings. The summed E-state index contributed by atoms with van der Waals surface area (Å²) in [4.78, 5) is 14.9. The molecule has 2 rings (SSSR count). The molecule has 2 atom stereocenters. The number of nitrogens with zero attached hydrogens (tertiary/aromatic N) is 1. The molecule has 1 aliphatic heterocycles. The van der Waals surface area contributed by atoms with Gasteiger partial charge in [-0.2, -0.15) is 0 Å². The number of aliphatic hydroxyl groups excluding tert-OH is 2. The molecule has 1 aromatic rings. The number of carbonyl (C=O) groups is 1. The van der Waals surface area contributed by atoms with Gasteiger partial charge in [-0.15, -0.1) is 11.3 Å². The van der Waals surface area contributed by atoms with Crippen molar-refractivity contribution < 1.29 is 15.0 Å². The van der Waals surface area contributed by atoms with Gasteiger partial charge < -0.3 is 15.5 Å². The molecule has 3 N–H and O–H groups in total. The highest BCUT2D eigenvalue weighted by molar-refractivity contribution is 7.09. The van der Waals surface area contributed by atoms with Crippen LogP contribution in [0.25, 0.3) is 0 Å². The number of aliphatic hydroxyl groups is 2. The lowest BCUT2D eigenvalue weighted by atomic mass is 9.95. The van der Waals surface area contributed by atoms with Crippen LogP contribution >= 0.6 is 11.3 Å². The van der Waals surface area contributed by atoms with Crippen LogP contribution in [0.3, 0.4) is 0 Å². The molecule has 1 amide bonds. The van der Waals surface area contributed by atoms with Crippen molar-refractivity contribution >= 4 is 17.2 Å². The third-order valence-electron chi connectivity index (χ3n) is 3.42. The molecule has 0 aromatic carbocycles. The highest BCUT2D eigenvalue weighted by Gasteiger charge is 2.27. The molecule has 1 fully saturated rings. The third-order valence-corrected chi connectivity index (χ3v) is 4.30. The topological polar surface area (TPSA) is 72.8 Å². The summed E-state index contributed by atoms with van der Waals surface area (Å²) in [5.41, 5.74) is 0. The summed E-state index contributed by atoms with van der Waals surface area (Å²) in [6.45, 7) is 2.13. The van der Waals surface area contributed by atoms with Crippen LogP contribution in [0.15, 0.2) is 17.5 Å². The highest BCUT2D eigenvalue weighted by Crippen LogP contribution is 2.16. The second-order valence-corrected chi connectivity index (χ2v) is 5.92. The maximum atomic E-state index is 11.8. The van der Waals surface area contributed by atoms with Crippen molar-refractivity contribution in [2.45, 2.75) is 19.1 Å². The molecular formula is C13H20N2O3S. The third kappa shape index (κ3) is 4.28. The van der Waals surface area contributed by atoms with Gasteiger partial charge in [0.25, 0.3) is 0 Å². The summed E-state index contributed by atoms with van der Waals surface area (Å²) < 4.78 is 0. The van der Waals surface area contributed by atoms with E-state index in [0.717, 1.165) is 4.88 Å². The van der Waals surface area contributed by atoms with E-state index in [-0.39, 0.29) is 18.4 Å². The Balaban J connectivity index is 1.73. The number of thiophene rings is 1. The Kier molecular flexibility index (Phi) is 5.33. The monoisotopic (exact) mass is 284 g/mol. The van der Waals surface area contributed by atoms with Crippen LogP contribution in [0.4, 0.5) is 0 Å². The van der Waals surface area contributed by atoms with E-state index in [9.17, 15) is 9.90 Å². The lowest BCUT2D eigenvalue weighted by Gasteiger charge is -2.34. The minimum absolute atomic E-state index is 0.0125. The Morgan fingerprint density at radius 2 is 2.42 bits per heavy atom. The zero-order valence-corrected chi connectivity index (χ0v) is 11.6. The Bertz CT molecular complexity index is 397. The quantitative estimate of drug-likeness (QED) is 0.714. The van der Waals surface area contributed by atoms with Gasteiger partial charge in [0.2, 0.25) is 5.91 Å². The van der Waals surface area contributed by atoms with Gasteiger partial charge in [-0.25, -0.2) is 0 Å². The van der Waals surface area contributed by atoms with E-state index in [1.165, 1.54) is 0 Å². The summed E-state index contributed by atoms with van der Waals surface area (Å²) in [6.07, 6.45) is 0.166. The number of nitrogens with one attached hydrogen (secondary N) is 1. The van der Waals surface area contributed by atoms with E-state index >= 15 is 0 Å². The lowest BCUT2D eigenvalue weighted by Crippen LogP contribution is -2.48. The molecular weight excluding hydrogens is 264 g/mol. The number of likely N-dealkylation sites (tertiary alicyclic amines) is 1. The summed E-state index contributed by atoms with van der Waals surface area (Å²) >= 11 is 1.62. The fourth-order valence-corrected chi connectivity index (χ4v) is 2.92. The summed E-state index contributed by atoms with van der Waals surface area (Å²) in [5.74, 6) is -0.152. The zero-order chi connectivity index (χ0) is 13.7. The van der Waals surface area contributed by atoms with Gasteiger partial charge in [0, 0.05) is 30.5 Å². The first kappa shape index (κ1) is 14.5. The number of piperidine rings is 1. The van der Waals surface area contributed by atoms with Crippen molar-refractivity contribution in [1.29, 1.82) is 0 Å². The molecule has 0 bridgehead atoms. The van der Waals surface area contributed by atoms with Crippen molar-refractivity contribution in [1.82, 2.24) is 10.2 Å². The fraction of sp³-hybridized carbons (Fsp3) is 0.615. The van der Waals surface area contributed by atoms with Crippen LogP contribution < -0.4 is 5.32 Å². The Morgan fingerprint density at radius 1 is 1.58 bits per heavy atom. The second-order valence-electron chi connectivity index (χ2n) is 4.89. The largest absolute Gasteiger partial charge is 0.396 e. The Hall–Kier alpha value is -0.950. The average Bonchev–Trinajstić information content (AvgIpc) is 2.92. The van der Waals surface area contributed by atoms with Crippen molar-refractivity contribution in [2.24, 2.45) is 5.92 Å². The first-order valence-corrected chi connectivity index (χ1v) is 7.37. The second kappa shape index (κ2) is 7.00. The molecule has 0 unspecified atom stereocenters. The number of amides is 1. The van der Waals surface area contributed by atoms with Gasteiger partial charge in [-0.3, -0.25) is 9.69 Å². The molecule has 2 heterocycles. The van der Waals surface area contributed by atoms with Gasteiger partial charge in [0.15, 0.2) is 0 Å². The zero-order valence-electron chi connectivity index (χ0n) is 10.8. The Morgan fingerprint density at radius 3 is 3.11 bits per heavy atom. The normalized spacial score (nSPS) is 24.3. The number of hydrogen-bond donors (Lipinski definition) is 3. The minimum Gasteiger partial charge on any atom is -0.396 e. The van der Waals surface area contributed by atoms with Crippen molar-refractivity contribution in [3.8, 4) is 0 Å². The van der Waals surface area contributed by atoms with Crippen LogP contribution in [0.5, 0.6) is 0 Å². The van der Waals surface area contributed by atoms with Crippen LogP contribution in [0.1, 0.15) is 11.3 Å². The number of rotatable bonds is 5. The lowest BCUT2D eigenvalue weighted by molar-refractivity contribution is -0.123. The average molecular weight is 284 g/mol. The van der Waals surface area contributed by atoms with Gasteiger partial charge in [-0.05, 0) is 17.9 Å².